The molecule has 0 bridgehead atoms. The minimum Gasteiger partial charge on any atom is -0.480 e. The highest BCUT2D eigenvalue weighted by molar-refractivity contribution is 5.79. The predicted molar refractivity (Wildman–Crippen MR) is 64.8 cm³/mol. The first kappa shape index (κ1) is 13.8. The molecule has 0 aromatic carbocycles. The molecule has 17 heavy (non-hydrogen) atoms. The fourth-order valence-electron chi connectivity index (χ4n) is 2.47. The van der Waals surface area contributed by atoms with Gasteiger partial charge in [0, 0.05) is 6.04 Å². The first-order chi connectivity index (χ1) is 8.13. The van der Waals surface area contributed by atoms with Gasteiger partial charge in [0.25, 0.3) is 0 Å². The number of hydrogen-bond donors (Lipinski definition) is 3. The van der Waals surface area contributed by atoms with Crippen LogP contribution in [0.1, 0.15) is 45.4 Å². The number of nitrogens with one attached hydrogen (secondary N) is 2. The highest BCUT2D eigenvalue weighted by Crippen LogP contribution is 2.27. The van der Waals surface area contributed by atoms with Gasteiger partial charge < -0.3 is 15.7 Å². The Morgan fingerprint density at radius 1 is 1.29 bits per heavy atom. The molecule has 1 fully saturated rings. The van der Waals surface area contributed by atoms with Gasteiger partial charge in [-0.1, -0.05) is 26.2 Å². The van der Waals surface area contributed by atoms with E-state index in [9.17, 15) is 9.59 Å². The van der Waals surface area contributed by atoms with Crippen molar-refractivity contribution in [3.63, 3.8) is 0 Å². The lowest BCUT2D eigenvalue weighted by atomic mass is 9.83. The molecule has 1 aliphatic rings. The zero-order chi connectivity index (χ0) is 12.7. The maximum atomic E-state index is 11.5. The number of carbonyl (C=O) groups is 2. The molecule has 1 unspecified atom stereocenters. The molecule has 3 N–H and O–H groups in total. The topological polar surface area (TPSA) is 78.4 Å². The fraction of sp³-hybridized carbons (Fsp3) is 0.833. The third-order valence-corrected chi connectivity index (χ3v) is 3.38. The summed E-state index contributed by atoms with van der Waals surface area (Å²) >= 11 is 0. The zero-order valence-electron chi connectivity index (χ0n) is 10.4. The Morgan fingerprint density at radius 2 is 1.94 bits per heavy atom. The van der Waals surface area contributed by atoms with Crippen molar-refractivity contribution < 1.29 is 14.7 Å². The summed E-state index contributed by atoms with van der Waals surface area (Å²) in [6, 6.07) is -0.200. The maximum absolute atomic E-state index is 11.5. The standard InChI is InChI=1S/C12H22N2O3/c1-2-10(9-6-4-3-5-7-9)14-12(17)13-8-11(15)16/h9-10H,2-8H2,1H3,(H,15,16)(H2,13,14,17). The summed E-state index contributed by atoms with van der Waals surface area (Å²) in [6.07, 6.45) is 6.98. The Hall–Kier alpha value is -1.26. The second kappa shape index (κ2) is 7.14. The van der Waals surface area contributed by atoms with Crippen LogP contribution in [-0.4, -0.2) is 29.7 Å². The number of carboxylic acid groups (broad SMARTS) is 1. The van der Waals surface area contributed by atoms with E-state index in [0.717, 1.165) is 19.3 Å². The minimum atomic E-state index is -1.02. The van der Waals surface area contributed by atoms with E-state index >= 15 is 0 Å². The third kappa shape index (κ3) is 5.06. The summed E-state index contributed by atoms with van der Waals surface area (Å²) in [6.45, 7) is 1.73. The van der Waals surface area contributed by atoms with E-state index in [1.807, 2.05) is 0 Å². The van der Waals surface area contributed by atoms with Gasteiger partial charge >= 0.3 is 12.0 Å². The summed E-state index contributed by atoms with van der Waals surface area (Å²) in [5.41, 5.74) is 0. The van der Waals surface area contributed by atoms with E-state index in [-0.39, 0.29) is 18.6 Å². The Labute approximate surface area is 102 Å². The second-order valence-corrected chi connectivity index (χ2v) is 4.63. The Balaban J connectivity index is 2.34. The number of hydrogen-bond acceptors (Lipinski definition) is 2. The molecule has 0 aromatic heterocycles. The van der Waals surface area contributed by atoms with Crippen molar-refractivity contribution in [1.82, 2.24) is 10.6 Å². The molecule has 0 spiro atoms. The molecule has 2 amide bonds. The van der Waals surface area contributed by atoms with Crippen LogP contribution in [0.3, 0.4) is 0 Å². The van der Waals surface area contributed by atoms with Crippen LogP contribution in [0.25, 0.3) is 0 Å². The lowest BCUT2D eigenvalue weighted by Gasteiger charge is -2.30. The van der Waals surface area contributed by atoms with E-state index in [1.165, 1.54) is 19.3 Å². The van der Waals surface area contributed by atoms with Gasteiger partial charge in [0.15, 0.2) is 0 Å². The van der Waals surface area contributed by atoms with E-state index in [4.69, 9.17) is 5.11 Å². The van der Waals surface area contributed by atoms with Crippen LogP contribution < -0.4 is 10.6 Å². The van der Waals surface area contributed by atoms with Gasteiger partial charge in [-0.3, -0.25) is 4.79 Å². The van der Waals surface area contributed by atoms with Crippen molar-refractivity contribution in [2.45, 2.75) is 51.5 Å². The quantitative estimate of drug-likeness (QED) is 0.687. The van der Waals surface area contributed by atoms with Gasteiger partial charge in [-0.2, -0.15) is 0 Å². The van der Waals surface area contributed by atoms with Crippen molar-refractivity contribution in [1.29, 1.82) is 0 Å². The van der Waals surface area contributed by atoms with Gasteiger partial charge in [-0.05, 0) is 25.2 Å². The molecule has 5 nitrogen and oxygen atoms in total. The molecule has 0 heterocycles. The monoisotopic (exact) mass is 242 g/mol. The Kier molecular flexibility index (Phi) is 5.80. The highest BCUT2D eigenvalue weighted by atomic mass is 16.4. The number of amides is 2. The van der Waals surface area contributed by atoms with Gasteiger partial charge in [0.1, 0.15) is 6.54 Å². The molecule has 0 radical (unpaired) electrons. The molecule has 0 aliphatic heterocycles. The van der Waals surface area contributed by atoms with E-state index in [0.29, 0.717) is 5.92 Å². The van der Waals surface area contributed by atoms with Crippen LogP contribution in [0, 0.1) is 5.92 Å². The van der Waals surface area contributed by atoms with E-state index in [2.05, 4.69) is 17.6 Å². The van der Waals surface area contributed by atoms with E-state index in [1.54, 1.807) is 0 Å². The molecule has 1 rings (SSSR count). The maximum Gasteiger partial charge on any atom is 0.323 e. The number of rotatable bonds is 5. The molecule has 0 saturated heterocycles. The normalized spacial score (nSPS) is 18.4. The average Bonchev–Trinajstić information content (AvgIpc) is 2.34. The summed E-state index contributed by atoms with van der Waals surface area (Å²) in [4.78, 5) is 21.8. The van der Waals surface area contributed by atoms with Gasteiger partial charge in [0.05, 0.1) is 0 Å². The van der Waals surface area contributed by atoms with Crippen LogP contribution in [0.5, 0.6) is 0 Å². The summed E-state index contributed by atoms with van der Waals surface area (Å²) in [5, 5.41) is 13.7. The molecule has 5 heteroatoms. The molecule has 1 saturated carbocycles. The second-order valence-electron chi connectivity index (χ2n) is 4.63. The van der Waals surface area contributed by atoms with Crippen LogP contribution in [0.4, 0.5) is 4.79 Å². The molecule has 0 aromatic rings. The number of carboxylic acids is 1. The average molecular weight is 242 g/mol. The Morgan fingerprint density at radius 3 is 2.47 bits per heavy atom. The lowest BCUT2D eigenvalue weighted by Crippen LogP contribution is -2.46. The molecule has 1 atom stereocenters. The molecular weight excluding hydrogens is 220 g/mol. The van der Waals surface area contributed by atoms with Crippen LogP contribution in [0.2, 0.25) is 0 Å². The molecule has 98 valence electrons. The number of urea groups is 1. The van der Waals surface area contributed by atoms with Gasteiger partial charge in [-0.25, -0.2) is 4.79 Å². The lowest BCUT2D eigenvalue weighted by molar-refractivity contribution is -0.135. The Bertz CT molecular complexity index is 262. The van der Waals surface area contributed by atoms with Crippen molar-refractivity contribution >= 4 is 12.0 Å². The predicted octanol–water partition coefficient (Wildman–Crippen LogP) is 1.73. The van der Waals surface area contributed by atoms with Gasteiger partial charge in [0.2, 0.25) is 0 Å². The first-order valence-electron chi connectivity index (χ1n) is 6.39. The third-order valence-electron chi connectivity index (χ3n) is 3.38. The first-order valence-corrected chi connectivity index (χ1v) is 6.39. The zero-order valence-corrected chi connectivity index (χ0v) is 10.4. The van der Waals surface area contributed by atoms with Crippen molar-refractivity contribution in [3.05, 3.63) is 0 Å². The SMILES string of the molecule is CCC(NC(=O)NCC(=O)O)C1CCCCC1. The van der Waals surface area contributed by atoms with Crippen molar-refractivity contribution in [2.75, 3.05) is 6.54 Å². The fourth-order valence-corrected chi connectivity index (χ4v) is 2.47. The van der Waals surface area contributed by atoms with Crippen molar-refractivity contribution in [3.8, 4) is 0 Å². The summed E-state index contributed by atoms with van der Waals surface area (Å²) < 4.78 is 0. The van der Waals surface area contributed by atoms with Crippen LogP contribution in [-0.2, 0) is 4.79 Å². The van der Waals surface area contributed by atoms with Gasteiger partial charge in [-0.15, -0.1) is 0 Å². The number of carbonyl (C=O) groups excluding carboxylic acids is 1. The van der Waals surface area contributed by atoms with Crippen LogP contribution in [0.15, 0.2) is 0 Å². The van der Waals surface area contributed by atoms with E-state index < -0.39 is 5.97 Å². The summed E-state index contributed by atoms with van der Waals surface area (Å²) in [7, 11) is 0. The van der Waals surface area contributed by atoms with Crippen molar-refractivity contribution in [2.24, 2.45) is 5.92 Å². The smallest absolute Gasteiger partial charge is 0.323 e. The summed E-state index contributed by atoms with van der Waals surface area (Å²) in [5.74, 6) is -0.477. The molecule has 1 aliphatic carbocycles. The molecular formula is C12H22N2O3. The number of aliphatic carboxylic acids is 1. The highest BCUT2D eigenvalue weighted by Gasteiger charge is 2.23. The minimum absolute atomic E-state index is 0.170. The largest absolute Gasteiger partial charge is 0.480 e. The van der Waals surface area contributed by atoms with Crippen LogP contribution >= 0.6 is 0 Å².